The first-order valence-electron chi connectivity index (χ1n) is 5.13. The number of alkyl halides is 1. The zero-order valence-electron chi connectivity index (χ0n) is 9.23. The number of rotatable bonds is 2. The molecule has 0 fully saturated rings. The molecule has 0 radical (unpaired) electrons. The van der Waals surface area contributed by atoms with Crippen molar-refractivity contribution in [1.29, 1.82) is 0 Å². The van der Waals surface area contributed by atoms with Gasteiger partial charge in [0.05, 0.1) is 9.85 Å². The average molecular weight is 354 g/mol. The Labute approximate surface area is 120 Å². The van der Waals surface area contributed by atoms with E-state index in [-0.39, 0.29) is 4.47 Å². The zero-order chi connectivity index (χ0) is 14.2. The van der Waals surface area contributed by atoms with Gasteiger partial charge in [-0.3, -0.25) is 0 Å². The molecule has 0 N–H and O–H groups in total. The van der Waals surface area contributed by atoms with E-state index >= 15 is 0 Å². The minimum Gasteiger partial charge on any atom is -0.207 e. The maximum absolute atomic E-state index is 13.6. The van der Waals surface area contributed by atoms with Crippen LogP contribution in [-0.2, 0) is 0 Å². The standard InChI is InChI=1S/C13H6BrClF4/c14-8-3-6(1-2-9(8)17)13(15)12-10(18)4-7(16)5-11(12)19/h1-5,13H. The van der Waals surface area contributed by atoms with Crippen LogP contribution in [0.25, 0.3) is 0 Å². The molecule has 0 aliphatic rings. The van der Waals surface area contributed by atoms with Crippen LogP contribution in [0, 0.1) is 23.3 Å². The van der Waals surface area contributed by atoms with Crippen molar-refractivity contribution in [2.45, 2.75) is 5.38 Å². The van der Waals surface area contributed by atoms with Gasteiger partial charge >= 0.3 is 0 Å². The van der Waals surface area contributed by atoms with Crippen molar-refractivity contribution in [3.63, 3.8) is 0 Å². The first kappa shape index (κ1) is 14.3. The zero-order valence-corrected chi connectivity index (χ0v) is 11.6. The van der Waals surface area contributed by atoms with Gasteiger partial charge < -0.3 is 0 Å². The minimum absolute atomic E-state index is 0.124. The van der Waals surface area contributed by atoms with Crippen molar-refractivity contribution < 1.29 is 17.6 Å². The lowest BCUT2D eigenvalue weighted by Crippen LogP contribution is -2.02. The van der Waals surface area contributed by atoms with Crippen molar-refractivity contribution in [2.75, 3.05) is 0 Å². The van der Waals surface area contributed by atoms with Crippen molar-refractivity contribution in [3.8, 4) is 0 Å². The van der Waals surface area contributed by atoms with Crippen LogP contribution in [0.2, 0.25) is 0 Å². The molecule has 2 aromatic rings. The number of hydrogen-bond donors (Lipinski definition) is 0. The van der Waals surface area contributed by atoms with Crippen LogP contribution in [-0.4, -0.2) is 0 Å². The van der Waals surface area contributed by atoms with Crippen LogP contribution in [0.15, 0.2) is 34.8 Å². The van der Waals surface area contributed by atoms with E-state index in [1.165, 1.54) is 12.1 Å². The number of hydrogen-bond acceptors (Lipinski definition) is 0. The monoisotopic (exact) mass is 352 g/mol. The van der Waals surface area contributed by atoms with Crippen molar-refractivity contribution in [3.05, 3.63) is 69.2 Å². The molecule has 0 bridgehead atoms. The molecule has 0 aliphatic heterocycles. The van der Waals surface area contributed by atoms with E-state index in [0.717, 1.165) is 6.07 Å². The fourth-order valence-corrected chi connectivity index (χ4v) is 2.37. The molecule has 1 atom stereocenters. The molecule has 0 saturated carbocycles. The van der Waals surface area contributed by atoms with E-state index in [4.69, 9.17) is 11.6 Å². The minimum atomic E-state index is -1.18. The Kier molecular flexibility index (Phi) is 4.16. The van der Waals surface area contributed by atoms with Crippen LogP contribution in [0.3, 0.4) is 0 Å². The maximum Gasteiger partial charge on any atom is 0.137 e. The highest BCUT2D eigenvalue weighted by molar-refractivity contribution is 9.10. The highest BCUT2D eigenvalue weighted by Crippen LogP contribution is 2.34. The first-order valence-corrected chi connectivity index (χ1v) is 6.36. The molecule has 0 aromatic heterocycles. The fraction of sp³-hybridized carbons (Fsp3) is 0.0769. The Morgan fingerprint density at radius 1 is 0.895 bits per heavy atom. The predicted octanol–water partition coefficient (Wildman–Crippen LogP) is 5.33. The number of benzene rings is 2. The lowest BCUT2D eigenvalue weighted by molar-refractivity contribution is 0.526. The Bertz CT molecular complexity index is 607. The third-order valence-electron chi connectivity index (χ3n) is 2.53. The molecule has 100 valence electrons. The summed E-state index contributed by atoms with van der Waals surface area (Å²) in [6.07, 6.45) is 0. The van der Waals surface area contributed by atoms with Crippen LogP contribution in [0.1, 0.15) is 16.5 Å². The third-order valence-corrected chi connectivity index (χ3v) is 3.61. The molecule has 0 saturated heterocycles. The van der Waals surface area contributed by atoms with Crippen LogP contribution in [0.5, 0.6) is 0 Å². The summed E-state index contributed by atoms with van der Waals surface area (Å²) in [5.41, 5.74) is -0.180. The van der Waals surface area contributed by atoms with E-state index in [1.54, 1.807) is 0 Å². The van der Waals surface area contributed by atoms with Crippen molar-refractivity contribution in [1.82, 2.24) is 0 Å². The summed E-state index contributed by atoms with van der Waals surface area (Å²) in [5, 5.41) is -1.18. The summed E-state index contributed by atoms with van der Waals surface area (Å²) in [4.78, 5) is 0. The van der Waals surface area contributed by atoms with Gasteiger partial charge in [-0.25, -0.2) is 17.6 Å². The topological polar surface area (TPSA) is 0 Å². The second-order valence-corrected chi connectivity index (χ2v) is 5.11. The largest absolute Gasteiger partial charge is 0.207 e. The Morgan fingerprint density at radius 3 is 2.00 bits per heavy atom. The molecule has 2 rings (SSSR count). The van der Waals surface area contributed by atoms with E-state index in [1.807, 2.05) is 0 Å². The highest BCUT2D eigenvalue weighted by atomic mass is 79.9. The summed E-state index contributed by atoms with van der Waals surface area (Å²) in [5.74, 6) is -3.72. The van der Waals surface area contributed by atoms with E-state index < -0.39 is 34.2 Å². The van der Waals surface area contributed by atoms with Gasteiger partial charge in [0.15, 0.2) is 0 Å². The molecular weight excluding hydrogens is 347 g/mol. The van der Waals surface area contributed by atoms with Gasteiger partial charge in [0, 0.05) is 17.7 Å². The van der Waals surface area contributed by atoms with Crippen molar-refractivity contribution in [2.24, 2.45) is 0 Å². The number of halogens is 6. The third kappa shape index (κ3) is 2.92. The second kappa shape index (κ2) is 5.51. The summed E-state index contributed by atoms with van der Waals surface area (Å²) in [7, 11) is 0. The average Bonchev–Trinajstić information content (AvgIpc) is 2.31. The molecule has 0 spiro atoms. The Morgan fingerprint density at radius 2 is 1.47 bits per heavy atom. The molecule has 0 nitrogen and oxygen atoms in total. The Hall–Kier alpha value is -1.07. The fourth-order valence-electron chi connectivity index (χ4n) is 1.63. The molecule has 1 unspecified atom stereocenters. The quantitative estimate of drug-likeness (QED) is 0.505. The SMILES string of the molecule is Fc1cc(F)c(C(Cl)c2ccc(F)c(Br)c2)c(F)c1. The second-order valence-electron chi connectivity index (χ2n) is 3.82. The molecule has 6 heteroatoms. The van der Waals surface area contributed by atoms with Crippen LogP contribution in [0.4, 0.5) is 17.6 Å². The molecule has 0 heterocycles. The van der Waals surface area contributed by atoms with Crippen LogP contribution >= 0.6 is 27.5 Å². The van der Waals surface area contributed by atoms with E-state index in [9.17, 15) is 17.6 Å². The van der Waals surface area contributed by atoms with Gasteiger partial charge in [0.25, 0.3) is 0 Å². The van der Waals surface area contributed by atoms with E-state index in [2.05, 4.69) is 15.9 Å². The van der Waals surface area contributed by atoms with E-state index in [0.29, 0.717) is 17.7 Å². The highest BCUT2D eigenvalue weighted by Gasteiger charge is 2.21. The van der Waals surface area contributed by atoms with Gasteiger partial charge in [-0.05, 0) is 33.6 Å². The molecule has 0 amide bonds. The van der Waals surface area contributed by atoms with Gasteiger partial charge in [-0.2, -0.15) is 0 Å². The smallest absolute Gasteiger partial charge is 0.137 e. The summed E-state index contributed by atoms with van der Waals surface area (Å²) in [6.45, 7) is 0. The molecular formula is C13H6BrClF4. The predicted molar refractivity (Wildman–Crippen MR) is 68.1 cm³/mol. The van der Waals surface area contributed by atoms with Crippen molar-refractivity contribution >= 4 is 27.5 Å². The first-order chi connectivity index (χ1) is 8.90. The van der Waals surface area contributed by atoms with Crippen LogP contribution < -0.4 is 0 Å². The lowest BCUT2D eigenvalue weighted by atomic mass is 10.0. The normalized spacial score (nSPS) is 12.5. The van der Waals surface area contributed by atoms with Gasteiger partial charge in [-0.1, -0.05) is 6.07 Å². The lowest BCUT2D eigenvalue weighted by Gasteiger charge is -2.13. The molecule has 2 aromatic carbocycles. The van der Waals surface area contributed by atoms with Gasteiger partial charge in [0.2, 0.25) is 0 Å². The summed E-state index contributed by atoms with van der Waals surface area (Å²) in [6, 6.07) is 4.84. The van der Waals surface area contributed by atoms with Gasteiger partial charge in [-0.15, -0.1) is 11.6 Å². The Balaban J connectivity index is 2.49. The molecule has 0 aliphatic carbocycles. The summed E-state index contributed by atoms with van der Waals surface area (Å²) < 4.78 is 53.2. The maximum atomic E-state index is 13.6. The molecule has 19 heavy (non-hydrogen) atoms. The van der Waals surface area contributed by atoms with Gasteiger partial charge in [0.1, 0.15) is 23.3 Å². The summed E-state index contributed by atoms with van der Waals surface area (Å²) >= 11 is 8.93.